The molecule has 2 aromatic rings. The van der Waals surface area contributed by atoms with Gasteiger partial charge in [0.2, 0.25) is 0 Å². The molecule has 3 heterocycles. The van der Waals surface area contributed by atoms with Gasteiger partial charge in [0.25, 0.3) is 10.0 Å². The summed E-state index contributed by atoms with van der Waals surface area (Å²) in [5.41, 5.74) is 6.70. The number of rotatable bonds is 3. The van der Waals surface area contributed by atoms with E-state index in [1.807, 2.05) is 0 Å². The van der Waals surface area contributed by atoms with Gasteiger partial charge in [0, 0.05) is 38.3 Å². The van der Waals surface area contributed by atoms with Gasteiger partial charge in [-0.2, -0.15) is 4.31 Å². The molecule has 3 rings (SSSR count). The third kappa shape index (κ3) is 2.13. The number of imidazole rings is 1. The fourth-order valence-electron chi connectivity index (χ4n) is 2.36. The van der Waals surface area contributed by atoms with Gasteiger partial charge in [-0.3, -0.25) is 0 Å². The monoisotopic (exact) mass is 297 g/mol. The van der Waals surface area contributed by atoms with E-state index < -0.39 is 10.0 Å². The summed E-state index contributed by atoms with van der Waals surface area (Å²) in [7, 11) is -1.89. The van der Waals surface area contributed by atoms with Gasteiger partial charge in [-0.05, 0) is 0 Å². The third-order valence-electron chi connectivity index (χ3n) is 3.45. The van der Waals surface area contributed by atoms with Gasteiger partial charge in [-0.25, -0.2) is 18.4 Å². The molecule has 0 aromatic carbocycles. The average Bonchev–Trinajstić information content (AvgIpc) is 3.08. The molecule has 0 spiro atoms. The summed E-state index contributed by atoms with van der Waals surface area (Å²) in [6.45, 7) is 0.531. The minimum atomic E-state index is -3.61. The molecule has 9 heteroatoms. The minimum Gasteiger partial charge on any atom is -0.451 e. The van der Waals surface area contributed by atoms with E-state index in [9.17, 15) is 8.42 Å². The van der Waals surface area contributed by atoms with E-state index in [4.69, 9.17) is 10.2 Å². The Bertz CT molecular complexity index is 693. The highest BCUT2D eigenvalue weighted by Gasteiger charge is 2.40. The predicted octanol–water partition coefficient (Wildman–Crippen LogP) is -0.476. The molecule has 0 aliphatic carbocycles. The summed E-state index contributed by atoms with van der Waals surface area (Å²) in [6.07, 6.45) is 5.75. The van der Waals surface area contributed by atoms with Crippen molar-refractivity contribution in [3.63, 3.8) is 0 Å². The van der Waals surface area contributed by atoms with Crippen LogP contribution in [0.25, 0.3) is 0 Å². The van der Waals surface area contributed by atoms with E-state index in [-0.39, 0.29) is 30.1 Å². The average molecular weight is 297 g/mol. The van der Waals surface area contributed by atoms with Crippen molar-refractivity contribution in [2.24, 2.45) is 12.8 Å². The van der Waals surface area contributed by atoms with Crippen molar-refractivity contribution in [2.75, 3.05) is 13.1 Å². The van der Waals surface area contributed by atoms with Crippen molar-refractivity contribution in [3.8, 4) is 0 Å². The normalized spacial score (nSPS) is 24.3. The van der Waals surface area contributed by atoms with Crippen LogP contribution in [0.1, 0.15) is 11.6 Å². The van der Waals surface area contributed by atoms with Crippen LogP contribution in [0.3, 0.4) is 0 Å². The molecule has 0 saturated carbocycles. The predicted molar refractivity (Wildman–Crippen MR) is 69.2 cm³/mol. The Kier molecular flexibility index (Phi) is 3.11. The summed E-state index contributed by atoms with van der Waals surface area (Å²) < 4.78 is 32.8. The number of sulfonamides is 1. The second-order valence-corrected chi connectivity index (χ2v) is 6.77. The molecule has 1 aliphatic heterocycles. The molecule has 1 saturated heterocycles. The molecule has 0 radical (unpaired) electrons. The summed E-state index contributed by atoms with van der Waals surface area (Å²) >= 11 is 0. The van der Waals surface area contributed by atoms with Crippen LogP contribution < -0.4 is 5.73 Å². The lowest BCUT2D eigenvalue weighted by Crippen LogP contribution is -2.32. The Morgan fingerprint density at radius 3 is 2.80 bits per heavy atom. The number of nitrogens with zero attached hydrogens (tertiary/aromatic N) is 4. The first kappa shape index (κ1) is 13.3. The van der Waals surface area contributed by atoms with Gasteiger partial charge in [-0.15, -0.1) is 0 Å². The van der Waals surface area contributed by atoms with Gasteiger partial charge in [0.1, 0.15) is 6.26 Å². The zero-order valence-corrected chi connectivity index (χ0v) is 11.7. The number of aromatic nitrogens is 3. The first-order chi connectivity index (χ1) is 9.48. The Balaban J connectivity index is 1.86. The van der Waals surface area contributed by atoms with Crippen molar-refractivity contribution >= 4 is 10.0 Å². The van der Waals surface area contributed by atoms with Crippen LogP contribution in [0.15, 0.2) is 34.6 Å². The van der Waals surface area contributed by atoms with Crippen LogP contribution in [-0.2, 0) is 17.1 Å². The highest BCUT2D eigenvalue weighted by atomic mass is 32.2. The molecule has 1 aliphatic rings. The lowest BCUT2D eigenvalue weighted by atomic mass is 10.0. The second kappa shape index (κ2) is 4.69. The number of hydrogen-bond acceptors (Lipinski definition) is 6. The fourth-order valence-corrected chi connectivity index (χ4v) is 3.83. The Morgan fingerprint density at radius 2 is 2.20 bits per heavy atom. The van der Waals surface area contributed by atoms with Crippen molar-refractivity contribution < 1.29 is 12.8 Å². The molecule has 0 bridgehead atoms. The smallest absolute Gasteiger partial charge is 0.262 e. The fraction of sp³-hybridized carbons (Fsp3) is 0.455. The molecule has 2 atom stereocenters. The van der Waals surface area contributed by atoms with Crippen molar-refractivity contribution in [1.82, 2.24) is 18.8 Å². The van der Waals surface area contributed by atoms with Crippen LogP contribution in [-0.4, -0.2) is 46.4 Å². The molecule has 0 amide bonds. The zero-order valence-electron chi connectivity index (χ0n) is 10.9. The molecule has 2 aromatic heterocycles. The van der Waals surface area contributed by atoms with Crippen LogP contribution in [0.2, 0.25) is 0 Å². The van der Waals surface area contributed by atoms with E-state index in [1.54, 1.807) is 11.6 Å². The van der Waals surface area contributed by atoms with Crippen LogP contribution in [0.5, 0.6) is 0 Å². The Morgan fingerprint density at radius 1 is 1.40 bits per heavy atom. The van der Waals surface area contributed by atoms with Gasteiger partial charge < -0.3 is 14.7 Å². The van der Waals surface area contributed by atoms with Gasteiger partial charge >= 0.3 is 0 Å². The molecule has 8 nitrogen and oxygen atoms in total. The van der Waals surface area contributed by atoms with Crippen molar-refractivity contribution in [3.05, 3.63) is 30.9 Å². The topological polar surface area (TPSA) is 107 Å². The lowest BCUT2D eigenvalue weighted by molar-refractivity contribution is 0.467. The van der Waals surface area contributed by atoms with E-state index in [0.717, 1.165) is 0 Å². The van der Waals surface area contributed by atoms with Crippen LogP contribution >= 0.6 is 0 Å². The number of nitrogens with two attached hydrogens (primary N) is 1. The summed E-state index contributed by atoms with van der Waals surface area (Å²) in [4.78, 5) is 7.96. The largest absolute Gasteiger partial charge is 0.451 e. The van der Waals surface area contributed by atoms with Crippen LogP contribution in [0, 0.1) is 0 Å². The van der Waals surface area contributed by atoms with Gasteiger partial charge in [0.15, 0.2) is 11.4 Å². The van der Waals surface area contributed by atoms with E-state index in [0.29, 0.717) is 5.69 Å². The van der Waals surface area contributed by atoms with Crippen molar-refractivity contribution in [1.29, 1.82) is 0 Å². The van der Waals surface area contributed by atoms with Gasteiger partial charge in [-0.1, -0.05) is 0 Å². The standard InChI is InChI=1S/C11H15N5O3S/c1-15-4-11(13-6-15)20(17,18)16-2-8(9(12)3-16)10-5-19-7-14-10/h4-9H,2-3,12H2,1H3/t8-,9-/m0/s1. The number of aryl methyl sites for hydroxylation is 1. The first-order valence-corrected chi connectivity index (χ1v) is 7.54. The Labute approximate surface area is 116 Å². The van der Waals surface area contributed by atoms with E-state index in [1.165, 1.54) is 29.5 Å². The highest BCUT2D eigenvalue weighted by molar-refractivity contribution is 7.89. The third-order valence-corrected chi connectivity index (χ3v) is 5.17. The van der Waals surface area contributed by atoms with E-state index in [2.05, 4.69) is 9.97 Å². The second-order valence-electron chi connectivity index (χ2n) is 4.88. The molecule has 1 fully saturated rings. The SMILES string of the molecule is Cn1cnc(S(=O)(=O)N2C[C@H](c3cocn3)[C@@H](N)C2)c1. The maximum Gasteiger partial charge on any atom is 0.262 e. The maximum atomic E-state index is 12.5. The maximum absolute atomic E-state index is 12.5. The molecule has 2 N–H and O–H groups in total. The minimum absolute atomic E-state index is 0.0352. The quantitative estimate of drug-likeness (QED) is 0.820. The molecular formula is C11H15N5O3S. The van der Waals surface area contributed by atoms with E-state index >= 15 is 0 Å². The molecule has 108 valence electrons. The molecular weight excluding hydrogens is 282 g/mol. The van der Waals surface area contributed by atoms with Gasteiger partial charge in [0.05, 0.1) is 12.0 Å². The summed E-state index contributed by atoms with van der Waals surface area (Å²) in [5, 5.41) is 0.0352. The number of oxazole rings is 1. The molecule has 0 unspecified atom stereocenters. The summed E-state index contributed by atoms with van der Waals surface area (Å²) in [6, 6.07) is -0.307. The van der Waals surface area contributed by atoms with Crippen LogP contribution in [0.4, 0.5) is 0 Å². The zero-order chi connectivity index (χ0) is 14.3. The lowest BCUT2D eigenvalue weighted by Gasteiger charge is -2.13. The molecule has 20 heavy (non-hydrogen) atoms. The first-order valence-electron chi connectivity index (χ1n) is 6.10. The van der Waals surface area contributed by atoms with Crippen molar-refractivity contribution in [2.45, 2.75) is 17.0 Å². The Hall–Kier alpha value is -1.71. The highest BCUT2D eigenvalue weighted by Crippen LogP contribution is 2.29. The summed E-state index contributed by atoms with van der Waals surface area (Å²) in [5.74, 6) is -0.160. The number of hydrogen-bond donors (Lipinski definition) is 1.